The molecule has 0 saturated carbocycles. The minimum atomic E-state index is -0.456. The summed E-state index contributed by atoms with van der Waals surface area (Å²) in [4.78, 5) is 24.9. The molecule has 1 saturated heterocycles. The molecule has 1 aliphatic rings. The minimum Gasteiger partial charge on any atom is -0.444 e. The van der Waals surface area contributed by atoms with E-state index in [1.807, 2.05) is 25.7 Å². The number of likely N-dealkylation sites (N-methyl/N-ethyl adjacent to an activating group) is 1. The molecule has 6 heteroatoms. The van der Waals surface area contributed by atoms with Gasteiger partial charge in [-0.05, 0) is 47.6 Å². The van der Waals surface area contributed by atoms with Gasteiger partial charge in [0.1, 0.15) is 5.60 Å². The van der Waals surface area contributed by atoms with Crippen molar-refractivity contribution in [3.05, 3.63) is 24.3 Å². The third kappa shape index (κ3) is 4.89. The summed E-state index contributed by atoms with van der Waals surface area (Å²) in [6.07, 6.45) is 7.04. The summed E-state index contributed by atoms with van der Waals surface area (Å²) in [7, 11) is 2.09. The van der Waals surface area contributed by atoms with E-state index in [2.05, 4.69) is 28.8 Å². The second-order valence-electron chi connectivity index (χ2n) is 7.19. The smallest absolute Gasteiger partial charge is 0.410 e. The van der Waals surface area contributed by atoms with E-state index in [9.17, 15) is 4.79 Å². The first-order valence-electron chi connectivity index (χ1n) is 8.23. The number of ether oxygens (including phenoxy) is 1. The minimum absolute atomic E-state index is 0.160. The lowest BCUT2D eigenvalue weighted by atomic mass is 10.0. The maximum Gasteiger partial charge on any atom is 0.410 e. The number of carbonyl (C=O) groups is 1. The fourth-order valence-electron chi connectivity index (χ4n) is 2.83. The molecule has 1 fully saturated rings. The van der Waals surface area contributed by atoms with Crippen LogP contribution in [0.2, 0.25) is 0 Å². The highest BCUT2D eigenvalue weighted by molar-refractivity contribution is 5.68. The molecular weight excluding hydrogens is 292 g/mol. The van der Waals surface area contributed by atoms with Crippen LogP contribution in [0.4, 0.5) is 4.79 Å². The molecular formula is C17H28N4O2. The van der Waals surface area contributed by atoms with Crippen molar-refractivity contribution in [2.75, 3.05) is 20.1 Å². The summed E-state index contributed by atoms with van der Waals surface area (Å²) >= 11 is 0. The van der Waals surface area contributed by atoms with Crippen LogP contribution in [0.15, 0.2) is 18.6 Å². The highest BCUT2D eigenvalue weighted by atomic mass is 16.6. The van der Waals surface area contributed by atoms with E-state index in [1.54, 1.807) is 18.6 Å². The van der Waals surface area contributed by atoms with Crippen molar-refractivity contribution < 1.29 is 9.53 Å². The van der Waals surface area contributed by atoms with E-state index < -0.39 is 5.60 Å². The average Bonchev–Trinajstić information content (AvgIpc) is 2.53. The average molecular weight is 320 g/mol. The molecule has 1 amide bonds. The first-order chi connectivity index (χ1) is 10.8. The van der Waals surface area contributed by atoms with Gasteiger partial charge >= 0.3 is 6.09 Å². The first kappa shape index (κ1) is 17.7. The molecule has 0 radical (unpaired) electrons. The number of carbonyl (C=O) groups excluding carboxylic acids is 1. The predicted molar refractivity (Wildman–Crippen MR) is 89.0 cm³/mol. The molecule has 2 rings (SSSR count). The van der Waals surface area contributed by atoms with Crippen LogP contribution in [0.5, 0.6) is 0 Å². The Balaban J connectivity index is 1.99. The Bertz CT molecular complexity index is 515. The second-order valence-corrected chi connectivity index (χ2v) is 7.19. The van der Waals surface area contributed by atoms with E-state index in [4.69, 9.17) is 4.74 Å². The third-order valence-corrected chi connectivity index (χ3v) is 4.25. The van der Waals surface area contributed by atoms with Gasteiger partial charge in [0.25, 0.3) is 0 Å². The topological polar surface area (TPSA) is 58.6 Å². The third-order valence-electron chi connectivity index (χ3n) is 4.25. The molecule has 2 heterocycles. The number of rotatable bonds is 3. The van der Waals surface area contributed by atoms with Gasteiger partial charge in [-0.1, -0.05) is 0 Å². The van der Waals surface area contributed by atoms with Crippen LogP contribution in [0.1, 0.15) is 52.3 Å². The summed E-state index contributed by atoms with van der Waals surface area (Å²) < 4.78 is 5.50. The number of hydrogen-bond acceptors (Lipinski definition) is 5. The van der Waals surface area contributed by atoms with Crippen molar-refractivity contribution in [1.29, 1.82) is 0 Å². The van der Waals surface area contributed by atoms with Crippen LogP contribution >= 0.6 is 0 Å². The van der Waals surface area contributed by atoms with Crippen molar-refractivity contribution in [3.63, 3.8) is 0 Å². The molecule has 1 aliphatic heterocycles. The summed E-state index contributed by atoms with van der Waals surface area (Å²) in [5.41, 5.74) is 0.493. The van der Waals surface area contributed by atoms with E-state index in [-0.39, 0.29) is 12.1 Å². The van der Waals surface area contributed by atoms with E-state index in [1.165, 1.54) is 0 Å². The number of piperidine rings is 1. The number of hydrogen-bond donors (Lipinski definition) is 0. The molecule has 0 aromatic carbocycles. The standard InChI is InChI=1S/C17H28N4O2/c1-13(15-11-18-8-9-19-15)20(5)14-7-6-10-21(12-14)16(22)23-17(2,3)4/h8-9,11,13-14H,6-7,10,12H2,1-5H3/t13-,14-/m0/s1. The summed E-state index contributed by atoms with van der Waals surface area (Å²) in [5.74, 6) is 0. The zero-order valence-electron chi connectivity index (χ0n) is 14.8. The Hall–Kier alpha value is -1.69. The van der Waals surface area contributed by atoms with Crippen LogP contribution in [-0.4, -0.2) is 57.6 Å². The van der Waals surface area contributed by atoms with Crippen LogP contribution in [0, 0.1) is 0 Å². The van der Waals surface area contributed by atoms with Crippen molar-refractivity contribution in [2.45, 2.75) is 58.2 Å². The van der Waals surface area contributed by atoms with Crippen molar-refractivity contribution in [3.8, 4) is 0 Å². The maximum absolute atomic E-state index is 12.3. The maximum atomic E-state index is 12.3. The molecule has 6 nitrogen and oxygen atoms in total. The van der Waals surface area contributed by atoms with Gasteiger partial charge in [-0.25, -0.2) is 4.79 Å². The molecule has 0 N–H and O–H groups in total. The molecule has 1 aromatic rings. The Kier molecular flexibility index (Phi) is 5.57. The van der Waals surface area contributed by atoms with Gasteiger partial charge < -0.3 is 9.64 Å². The van der Waals surface area contributed by atoms with Crippen LogP contribution in [0.3, 0.4) is 0 Å². The zero-order chi connectivity index (χ0) is 17.0. The van der Waals surface area contributed by atoms with E-state index in [0.717, 1.165) is 25.1 Å². The SMILES string of the molecule is C[C@@H](c1cnccn1)N(C)[C@H]1CCCN(C(=O)OC(C)(C)C)C1. The van der Waals surface area contributed by atoms with Gasteiger partial charge in [0.15, 0.2) is 0 Å². The van der Waals surface area contributed by atoms with Crippen molar-refractivity contribution in [1.82, 2.24) is 19.8 Å². The van der Waals surface area contributed by atoms with E-state index >= 15 is 0 Å². The quantitative estimate of drug-likeness (QED) is 0.857. The lowest BCUT2D eigenvalue weighted by Gasteiger charge is -2.40. The molecule has 2 atom stereocenters. The van der Waals surface area contributed by atoms with Crippen LogP contribution in [0.25, 0.3) is 0 Å². The number of aromatic nitrogens is 2. The molecule has 0 aliphatic carbocycles. The summed E-state index contributed by atoms with van der Waals surface area (Å²) in [6, 6.07) is 0.459. The number of likely N-dealkylation sites (tertiary alicyclic amines) is 1. The largest absolute Gasteiger partial charge is 0.444 e. The van der Waals surface area contributed by atoms with Gasteiger partial charge in [-0.15, -0.1) is 0 Å². The lowest BCUT2D eigenvalue weighted by molar-refractivity contribution is 0.00957. The second kappa shape index (κ2) is 7.25. The van der Waals surface area contributed by atoms with E-state index in [0.29, 0.717) is 12.6 Å². The van der Waals surface area contributed by atoms with Gasteiger partial charge in [-0.2, -0.15) is 0 Å². The summed E-state index contributed by atoms with van der Waals surface area (Å²) in [5, 5.41) is 0. The van der Waals surface area contributed by atoms with Crippen LogP contribution < -0.4 is 0 Å². The Labute approximate surface area is 138 Å². The Morgan fingerprint density at radius 2 is 2.17 bits per heavy atom. The molecule has 23 heavy (non-hydrogen) atoms. The normalized spacial score (nSPS) is 20.4. The number of amides is 1. The first-order valence-corrected chi connectivity index (χ1v) is 8.23. The van der Waals surface area contributed by atoms with Gasteiger partial charge in [0.2, 0.25) is 0 Å². The van der Waals surface area contributed by atoms with Crippen molar-refractivity contribution >= 4 is 6.09 Å². The monoisotopic (exact) mass is 320 g/mol. The number of nitrogens with zero attached hydrogens (tertiary/aromatic N) is 4. The van der Waals surface area contributed by atoms with Crippen molar-refractivity contribution in [2.24, 2.45) is 0 Å². The predicted octanol–water partition coefficient (Wildman–Crippen LogP) is 2.87. The van der Waals surface area contributed by atoms with Gasteiger partial charge in [-0.3, -0.25) is 14.9 Å². The van der Waals surface area contributed by atoms with Crippen LogP contribution in [-0.2, 0) is 4.74 Å². The highest BCUT2D eigenvalue weighted by Gasteiger charge is 2.31. The molecule has 1 aromatic heterocycles. The highest BCUT2D eigenvalue weighted by Crippen LogP contribution is 2.24. The zero-order valence-corrected chi connectivity index (χ0v) is 14.8. The van der Waals surface area contributed by atoms with Gasteiger partial charge in [0.05, 0.1) is 11.7 Å². The summed E-state index contributed by atoms with van der Waals surface area (Å²) in [6.45, 7) is 9.27. The molecule has 128 valence electrons. The molecule has 0 spiro atoms. The Morgan fingerprint density at radius 1 is 1.43 bits per heavy atom. The van der Waals surface area contributed by atoms with Gasteiger partial charge in [0, 0.05) is 37.7 Å². The molecule has 0 unspecified atom stereocenters. The fourth-order valence-corrected chi connectivity index (χ4v) is 2.83. The fraction of sp³-hybridized carbons (Fsp3) is 0.706. The Morgan fingerprint density at radius 3 is 2.78 bits per heavy atom. The lowest BCUT2D eigenvalue weighted by Crippen LogP contribution is -2.50. The molecule has 0 bridgehead atoms.